The van der Waals surface area contributed by atoms with Crippen LogP contribution in [0.25, 0.3) is 0 Å². The molecule has 0 aromatic heterocycles. The molecule has 1 aliphatic heterocycles. The zero-order chi connectivity index (χ0) is 9.41. The summed E-state index contributed by atoms with van der Waals surface area (Å²) in [6, 6.07) is 0. The minimum atomic E-state index is -4.48. The number of amides is 1. The van der Waals surface area contributed by atoms with Gasteiger partial charge in [-0.1, -0.05) is 0 Å². The summed E-state index contributed by atoms with van der Waals surface area (Å²) >= 11 is 0. The molecule has 0 fully saturated rings. The van der Waals surface area contributed by atoms with Crippen LogP contribution in [-0.4, -0.2) is 31.5 Å². The molecule has 1 heterocycles. The Morgan fingerprint density at radius 2 is 2.17 bits per heavy atom. The van der Waals surface area contributed by atoms with Crippen LogP contribution in [0.4, 0.5) is 4.79 Å². The van der Waals surface area contributed by atoms with Crippen LogP contribution in [0.15, 0.2) is 10.3 Å². The molecule has 0 bridgehead atoms. The first-order valence-electron chi connectivity index (χ1n) is 2.92. The Morgan fingerprint density at radius 1 is 1.58 bits per heavy atom. The van der Waals surface area contributed by atoms with E-state index in [4.69, 9.17) is 0 Å². The van der Waals surface area contributed by atoms with Crippen molar-refractivity contribution < 1.29 is 18.0 Å². The fraction of sp³-hybridized carbons (Fsp3) is 0.667. The predicted octanol–water partition coefficient (Wildman–Crippen LogP) is -0.910. The molecular weight excluding hydrogens is 188 g/mol. The molecule has 0 radical (unpaired) electrons. The van der Waals surface area contributed by atoms with Gasteiger partial charge >= 0.3 is 15.3 Å². The summed E-state index contributed by atoms with van der Waals surface area (Å²) in [5.41, 5.74) is 0. The lowest BCUT2D eigenvalue weighted by molar-refractivity contribution is -0.793. The average molecular weight is 194 g/mol. The van der Waals surface area contributed by atoms with Crippen LogP contribution in [0, 0.1) is 5.21 Å². The number of hydroxylamine groups is 2. The third-order valence-corrected chi connectivity index (χ3v) is 2.01. The van der Waals surface area contributed by atoms with Crippen LogP contribution in [0.3, 0.4) is 0 Å². The topological polar surface area (TPSA) is 125 Å². The highest BCUT2D eigenvalue weighted by Crippen LogP contribution is 2.15. The molecule has 68 valence electrons. The van der Waals surface area contributed by atoms with Crippen molar-refractivity contribution in [2.45, 2.75) is 0 Å². The molecule has 1 aliphatic rings. The van der Waals surface area contributed by atoms with Gasteiger partial charge in [0.15, 0.2) is 0 Å². The molecule has 9 heteroatoms. The summed E-state index contributed by atoms with van der Waals surface area (Å²) in [7, 11) is -4.48. The largest absolute Gasteiger partial charge is 0.595 e. The molecule has 0 saturated heterocycles. The number of primary sulfonamides is 1. The number of carbonyl (C=O) groups excluding carboxylic acids is 1. The summed E-state index contributed by atoms with van der Waals surface area (Å²) in [4.78, 5) is 10.8. The average Bonchev–Trinajstić information content (AvgIpc) is 2.34. The van der Waals surface area contributed by atoms with E-state index in [0.29, 0.717) is 0 Å². The highest BCUT2D eigenvalue weighted by atomic mass is 32.2. The molecule has 1 amide bonds. The van der Waals surface area contributed by atoms with Gasteiger partial charge in [0.25, 0.3) is 0 Å². The van der Waals surface area contributed by atoms with Crippen LogP contribution in [-0.2, 0) is 10.0 Å². The molecule has 2 N–H and O–H groups in total. The molecule has 1 unspecified atom stereocenters. The quantitative estimate of drug-likeness (QED) is 0.395. The zero-order valence-corrected chi connectivity index (χ0v) is 6.69. The Balaban J connectivity index is 2.99. The predicted molar refractivity (Wildman–Crippen MR) is 36.7 cm³/mol. The van der Waals surface area contributed by atoms with Crippen molar-refractivity contribution in [3.8, 4) is 0 Å². The van der Waals surface area contributed by atoms with Gasteiger partial charge in [-0.3, -0.25) is 0 Å². The molecule has 8 nitrogen and oxygen atoms in total. The maximum absolute atomic E-state index is 11.1. The van der Waals surface area contributed by atoms with E-state index in [0.717, 1.165) is 0 Å². The maximum Gasteiger partial charge on any atom is 0.473 e. The number of hydrogen-bond donors (Lipinski definition) is 1. The number of sulfonamides is 1. The van der Waals surface area contributed by atoms with Crippen molar-refractivity contribution >= 4 is 15.3 Å². The summed E-state index contributed by atoms with van der Waals surface area (Å²) in [6.45, 7) is -0.278. The maximum atomic E-state index is 11.1. The van der Waals surface area contributed by atoms with E-state index in [1.807, 2.05) is 0 Å². The molecule has 0 aromatic carbocycles. The van der Waals surface area contributed by atoms with E-state index < -0.39 is 20.0 Å². The van der Waals surface area contributed by atoms with E-state index in [1.165, 1.54) is 0 Å². The van der Waals surface area contributed by atoms with Gasteiger partial charge in [-0.2, -0.15) is 8.42 Å². The zero-order valence-electron chi connectivity index (χ0n) is 5.87. The Labute approximate surface area is 67.9 Å². The number of quaternary nitrogens is 1. The molecule has 0 spiro atoms. The van der Waals surface area contributed by atoms with Crippen molar-refractivity contribution in [1.82, 2.24) is 0 Å². The molecule has 1 rings (SSSR count). The minimum absolute atomic E-state index is 0.0325. The highest BCUT2D eigenvalue weighted by molar-refractivity contribution is 8.03. The smallest absolute Gasteiger partial charge is 0.473 e. The van der Waals surface area contributed by atoms with Crippen molar-refractivity contribution in [2.75, 3.05) is 13.1 Å². The standard InChI is InChI=1S/C3H6N4O4S/c4-12(10,11)3(8)7(9)2-1-5-6-7/h1-2H2,(H2,4,10,11). The fourth-order valence-electron chi connectivity index (χ4n) is 0.698. The van der Waals surface area contributed by atoms with Gasteiger partial charge in [-0.15, -0.1) is 9.87 Å². The first-order valence-corrected chi connectivity index (χ1v) is 4.46. The Kier molecular flexibility index (Phi) is 1.96. The Bertz CT molecular complexity index is 334. The molecule has 1 atom stereocenters. The lowest BCUT2D eigenvalue weighted by Crippen LogP contribution is -2.46. The number of nitrogens with zero attached hydrogens (tertiary/aromatic N) is 3. The van der Waals surface area contributed by atoms with Crippen molar-refractivity contribution in [2.24, 2.45) is 15.5 Å². The summed E-state index contributed by atoms with van der Waals surface area (Å²) < 4.78 is 19.0. The lowest BCUT2D eigenvalue weighted by Gasteiger charge is -2.24. The summed E-state index contributed by atoms with van der Waals surface area (Å²) in [5, 5.41) is 20.0. The van der Waals surface area contributed by atoms with E-state index in [1.54, 1.807) is 0 Å². The van der Waals surface area contributed by atoms with Crippen molar-refractivity contribution in [3.05, 3.63) is 5.21 Å². The van der Waals surface area contributed by atoms with Crippen molar-refractivity contribution in [3.63, 3.8) is 0 Å². The van der Waals surface area contributed by atoms with Gasteiger partial charge in [0.2, 0.25) is 0 Å². The second-order valence-corrected chi connectivity index (χ2v) is 3.63. The van der Waals surface area contributed by atoms with Crippen LogP contribution in [0.1, 0.15) is 0 Å². The van der Waals surface area contributed by atoms with Crippen LogP contribution in [0.2, 0.25) is 0 Å². The van der Waals surface area contributed by atoms with Crippen LogP contribution >= 0.6 is 0 Å². The molecular formula is C3H6N4O4S. The van der Waals surface area contributed by atoms with Crippen LogP contribution < -0.4 is 5.14 Å². The van der Waals surface area contributed by atoms with Gasteiger partial charge in [0, 0.05) is 5.22 Å². The molecule has 0 aliphatic carbocycles. The van der Waals surface area contributed by atoms with Gasteiger partial charge in [0.1, 0.15) is 13.1 Å². The SMILES string of the molecule is NS(=O)(=O)C(=O)[N+]1([O-])CCN=N1. The van der Waals surface area contributed by atoms with E-state index >= 15 is 0 Å². The van der Waals surface area contributed by atoms with Gasteiger partial charge < -0.3 is 5.21 Å². The second kappa shape index (κ2) is 2.55. The lowest BCUT2D eigenvalue weighted by atomic mass is 10.6. The van der Waals surface area contributed by atoms with Crippen LogP contribution in [0.5, 0.6) is 0 Å². The number of rotatable bonds is 0. The van der Waals surface area contributed by atoms with E-state index in [2.05, 4.69) is 15.5 Å². The highest BCUT2D eigenvalue weighted by Gasteiger charge is 2.40. The third-order valence-electron chi connectivity index (χ3n) is 1.24. The number of hydrogen-bond acceptors (Lipinski definition) is 6. The first-order chi connectivity index (χ1) is 5.36. The monoisotopic (exact) mass is 194 g/mol. The van der Waals surface area contributed by atoms with E-state index in [-0.39, 0.29) is 13.1 Å². The summed E-state index contributed by atoms with van der Waals surface area (Å²) in [5.74, 6) is 0. The van der Waals surface area contributed by atoms with E-state index in [9.17, 15) is 18.4 Å². The van der Waals surface area contributed by atoms with Gasteiger partial charge in [-0.25, -0.2) is 9.93 Å². The first kappa shape index (κ1) is 9.19. The molecule has 12 heavy (non-hydrogen) atoms. The van der Waals surface area contributed by atoms with Crippen molar-refractivity contribution in [1.29, 1.82) is 0 Å². The molecule has 0 aromatic rings. The summed E-state index contributed by atoms with van der Waals surface area (Å²) in [6.07, 6.45) is 0. The van der Waals surface area contributed by atoms with Gasteiger partial charge in [-0.05, 0) is 0 Å². The molecule has 0 saturated carbocycles. The van der Waals surface area contributed by atoms with Gasteiger partial charge in [0.05, 0.1) is 0 Å². The second-order valence-electron chi connectivity index (χ2n) is 2.19. The number of nitrogens with two attached hydrogens (primary N) is 1. The third kappa shape index (κ3) is 1.48. The fourth-order valence-corrected chi connectivity index (χ4v) is 1.22. The minimum Gasteiger partial charge on any atom is -0.595 e. The number of carbonyl (C=O) groups is 1. The Hall–Kier alpha value is -0.900. The Morgan fingerprint density at radius 3 is 2.50 bits per heavy atom. The normalized spacial score (nSPS) is 29.2.